The van der Waals surface area contributed by atoms with Crippen LogP contribution in [0.15, 0.2) is 18.2 Å². The molecule has 1 unspecified atom stereocenters. The number of aryl methyl sites for hydroxylation is 1. The van der Waals surface area contributed by atoms with Crippen LogP contribution in [0.4, 0.5) is 10.8 Å². The average molecular weight is 412 g/mol. The number of carbonyl (C=O) groups is 1. The summed E-state index contributed by atoms with van der Waals surface area (Å²) in [5.74, 6) is 0.784. The fraction of sp³-hybridized carbons (Fsp3) is 0.471. The number of hydrogen-bond acceptors (Lipinski definition) is 7. The summed E-state index contributed by atoms with van der Waals surface area (Å²) >= 11 is 8.62. The first kappa shape index (κ1) is 19.3. The van der Waals surface area contributed by atoms with E-state index in [-0.39, 0.29) is 11.2 Å². The minimum Gasteiger partial charge on any atom is -0.468 e. The second kappa shape index (κ2) is 8.51. The van der Waals surface area contributed by atoms with Gasteiger partial charge < -0.3 is 15.0 Å². The molecule has 140 valence electrons. The molecule has 0 aliphatic carbocycles. The lowest BCUT2D eigenvalue weighted by atomic mass is 10.1. The highest BCUT2D eigenvalue weighted by molar-refractivity contribution is 8.00. The Balaban J connectivity index is 1.69. The van der Waals surface area contributed by atoms with Gasteiger partial charge in [-0.3, -0.25) is 4.79 Å². The quantitative estimate of drug-likeness (QED) is 0.581. The summed E-state index contributed by atoms with van der Waals surface area (Å²) in [5, 5.41) is 8.70. The van der Waals surface area contributed by atoms with Gasteiger partial charge in [0.15, 0.2) is 15.9 Å². The van der Waals surface area contributed by atoms with Crippen LogP contribution in [0.5, 0.6) is 0 Å². The van der Waals surface area contributed by atoms with E-state index in [1.807, 2.05) is 16.8 Å². The predicted molar refractivity (Wildman–Crippen MR) is 109 cm³/mol. The van der Waals surface area contributed by atoms with Crippen molar-refractivity contribution in [3.63, 3.8) is 0 Å². The zero-order chi connectivity index (χ0) is 18.7. The molecule has 9 heteroatoms. The van der Waals surface area contributed by atoms with E-state index < -0.39 is 0 Å². The number of hydrogen-bond donors (Lipinski definition) is 2. The average Bonchev–Trinajstić information content (AvgIpc) is 2.97. The fourth-order valence-electron chi connectivity index (χ4n) is 2.87. The molecule has 1 fully saturated rings. The number of quaternary nitrogens is 1. The van der Waals surface area contributed by atoms with Crippen LogP contribution in [0, 0.1) is 17.8 Å². The van der Waals surface area contributed by atoms with Crippen molar-refractivity contribution in [1.29, 1.82) is 0 Å². The molecule has 26 heavy (non-hydrogen) atoms. The summed E-state index contributed by atoms with van der Waals surface area (Å²) in [6.45, 7) is 6.57. The molecule has 0 spiro atoms. The molecule has 1 saturated heterocycles. The minimum absolute atomic E-state index is 0.107. The first-order chi connectivity index (χ1) is 12.5. The molecule has 2 N–H and O–H groups in total. The van der Waals surface area contributed by atoms with E-state index in [1.165, 1.54) is 34.5 Å². The standard InChI is InChI=1S/C17H22N4O2S3/c1-11-5-4-6-13(12(11)2)18-16-19-21(17(24)26-16)10-20-7-8-25-14(9-20)15(22)23-3/h4-6,14H,7-10H2,1-3H3,(H,18,19)/p+1/t14-/m1/s1. The fourth-order valence-corrected chi connectivity index (χ4v) is 5.16. The maximum Gasteiger partial charge on any atom is 0.324 e. The highest BCUT2D eigenvalue weighted by Crippen LogP contribution is 2.24. The molecule has 6 nitrogen and oxygen atoms in total. The Hall–Kier alpha value is -1.42. The van der Waals surface area contributed by atoms with E-state index in [2.05, 4.69) is 30.3 Å². The van der Waals surface area contributed by atoms with Crippen LogP contribution in [0.2, 0.25) is 0 Å². The number of rotatable bonds is 5. The van der Waals surface area contributed by atoms with Gasteiger partial charge in [0.2, 0.25) is 5.13 Å². The van der Waals surface area contributed by atoms with Crippen LogP contribution in [0.3, 0.4) is 0 Å². The molecule has 1 aromatic heterocycles. The maximum atomic E-state index is 11.8. The van der Waals surface area contributed by atoms with Crippen LogP contribution < -0.4 is 10.2 Å². The lowest BCUT2D eigenvalue weighted by Gasteiger charge is -2.27. The smallest absolute Gasteiger partial charge is 0.324 e. The normalized spacial score (nSPS) is 20.0. The van der Waals surface area contributed by atoms with Crippen molar-refractivity contribution < 1.29 is 14.4 Å². The monoisotopic (exact) mass is 411 g/mol. The van der Waals surface area contributed by atoms with Gasteiger partial charge in [-0.05, 0) is 43.3 Å². The molecule has 0 amide bonds. The molecule has 1 aliphatic rings. The lowest BCUT2D eigenvalue weighted by molar-refractivity contribution is -0.921. The third-order valence-corrected chi connectivity index (χ3v) is 6.96. The van der Waals surface area contributed by atoms with Crippen molar-refractivity contribution >= 4 is 52.1 Å². The molecule has 2 heterocycles. The Bertz CT molecular complexity index is 849. The van der Waals surface area contributed by atoms with Gasteiger partial charge in [-0.15, -0.1) is 16.9 Å². The van der Waals surface area contributed by atoms with E-state index in [0.717, 1.165) is 33.6 Å². The van der Waals surface area contributed by atoms with Gasteiger partial charge in [0.1, 0.15) is 6.54 Å². The van der Waals surface area contributed by atoms with Crippen LogP contribution in [0.1, 0.15) is 11.1 Å². The number of thioether (sulfide) groups is 1. The van der Waals surface area contributed by atoms with Gasteiger partial charge in [0.25, 0.3) is 0 Å². The summed E-state index contributed by atoms with van der Waals surface area (Å²) in [7, 11) is 1.44. The van der Waals surface area contributed by atoms with E-state index in [0.29, 0.717) is 6.67 Å². The lowest BCUT2D eigenvalue weighted by Crippen LogP contribution is -3.14. The molecule has 0 radical (unpaired) electrons. The van der Waals surface area contributed by atoms with E-state index in [4.69, 9.17) is 17.0 Å². The first-order valence-corrected chi connectivity index (χ1v) is 10.7. The largest absolute Gasteiger partial charge is 0.468 e. The Morgan fingerprint density at radius 1 is 1.50 bits per heavy atom. The number of esters is 1. The molecule has 2 aromatic rings. The molecule has 1 aromatic carbocycles. The van der Waals surface area contributed by atoms with Gasteiger partial charge >= 0.3 is 5.97 Å². The second-order valence-electron chi connectivity index (χ2n) is 6.29. The minimum atomic E-state index is -0.147. The molecular weight excluding hydrogens is 388 g/mol. The molecule has 0 bridgehead atoms. The van der Waals surface area contributed by atoms with E-state index in [9.17, 15) is 4.79 Å². The number of nitrogens with zero attached hydrogens (tertiary/aromatic N) is 2. The third-order valence-electron chi connectivity index (χ3n) is 4.54. The van der Waals surface area contributed by atoms with Crippen molar-refractivity contribution in [2.75, 3.05) is 31.3 Å². The number of methoxy groups -OCH3 is 1. The molecule has 2 atom stereocenters. The zero-order valence-corrected chi connectivity index (χ0v) is 17.5. The van der Waals surface area contributed by atoms with Gasteiger partial charge in [-0.2, -0.15) is 4.68 Å². The van der Waals surface area contributed by atoms with Crippen molar-refractivity contribution in [2.24, 2.45) is 0 Å². The highest BCUT2D eigenvalue weighted by atomic mass is 32.2. The van der Waals surface area contributed by atoms with Crippen molar-refractivity contribution in [1.82, 2.24) is 9.78 Å². The van der Waals surface area contributed by atoms with Crippen molar-refractivity contribution in [3.05, 3.63) is 33.3 Å². The number of ether oxygens (including phenoxy) is 1. The van der Waals surface area contributed by atoms with Crippen LogP contribution in [-0.2, 0) is 16.2 Å². The van der Waals surface area contributed by atoms with Crippen LogP contribution in [0.25, 0.3) is 0 Å². The number of nitrogens with one attached hydrogen (secondary N) is 2. The molecule has 0 saturated carbocycles. The second-order valence-corrected chi connectivity index (χ2v) is 9.22. The molecular formula is C17H23N4O2S3+. The summed E-state index contributed by atoms with van der Waals surface area (Å²) < 4.78 is 7.47. The predicted octanol–water partition coefficient (Wildman–Crippen LogP) is 2.17. The number of anilines is 2. The van der Waals surface area contributed by atoms with Crippen molar-refractivity contribution in [2.45, 2.75) is 25.8 Å². The molecule has 3 rings (SSSR count). The Labute approximate surface area is 166 Å². The van der Waals surface area contributed by atoms with Gasteiger partial charge in [0, 0.05) is 11.4 Å². The number of carbonyl (C=O) groups excluding carboxylic acids is 1. The van der Waals surface area contributed by atoms with Crippen LogP contribution in [-0.4, -0.2) is 47.0 Å². The Morgan fingerprint density at radius 3 is 3.08 bits per heavy atom. The molecule has 1 aliphatic heterocycles. The highest BCUT2D eigenvalue weighted by Gasteiger charge is 2.30. The van der Waals surface area contributed by atoms with Crippen molar-refractivity contribution in [3.8, 4) is 0 Å². The number of benzene rings is 1. The SMILES string of the molecule is COC(=O)[C@H]1C[NH+](Cn2nc(Nc3cccc(C)c3C)sc2=S)CCS1. The van der Waals surface area contributed by atoms with Gasteiger partial charge in [0.05, 0.1) is 13.7 Å². The topological polar surface area (TPSA) is 60.6 Å². The third kappa shape index (κ3) is 4.46. The Morgan fingerprint density at radius 2 is 2.31 bits per heavy atom. The maximum absolute atomic E-state index is 11.8. The summed E-state index contributed by atoms with van der Waals surface area (Å²) in [6, 6.07) is 6.17. The number of aromatic nitrogens is 2. The summed E-state index contributed by atoms with van der Waals surface area (Å²) in [6.07, 6.45) is 0. The van der Waals surface area contributed by atoms with E-state index in [1.54, 1.807) is 11.8 Å². The zero-order valence-electron chi connectivity index (χ0n) is 15.1. The summed E-state index contributed by atoms with van der Waals surface area (Å²) in [5.41, 5.74) is 3.50. The van der Waals surface area contributed by atoms with E-state index >= 15 is 0 Å². The van der Waals surface area contributed by atoms with Gasteiger partial charge in [-0.1, -0.05) is 23.5 Å². The van der Waals surface area contributed by atoms with Gasteiger partial charge in [-0.25, -0.2) is 0 Å². The Kier molecular flexibility index (Phi) is 6.33. The first-order valence-electron chi connectivity index (χ1n) is 8.42. The summed E-state index contributed by atoms with van der Waals surface area (Å²) in [4.78, 5) is 13.1. The van der Waals surface area contributed by atoms with Crippen LogP contribution >= 0.6 is 35.3 Å².